The van der Waals surface area contributed by atoms with Gasteiger partial charge in [0.25, 0.3) is 0 Å². The minimum Gasteiger partial charge on any atom is -0.444 e. The van der Waals surface area contributed by atoms with Gasteiger partial charge in [0, 0.05) is 22.8 Å². The molecule has 1 saturated heterocycles. The molecule has 2 aromatic heterocycles. The number of hydrogen-bond acceptors (Lipinski definition) is 4. The van der Waals surface area contributed by atoms with Crippen molar-refractivity contribution in [2.24, 2.45) is 0 Å². The summed E-state index contributed by atoms with van der Waals surface area (Å²) in [5.74, 6) is 0. The fourth-order valence-corrected chi connectivity index (χ4v) is 4.78. The number of ether oxygens (including phenoxy) is 1. The van der Waals surface area contributed by atoms with Crippen LogP contribution in [0.4, 0.5) is 4.79 Å². The molecule has 1 aliphatic rings. The largest absolute Gasteiger partial charge is 0.444 e. The van der Waals surface area contributed by atoms with Crippen LogP contribution in [-0.2, 0) is 4.74 Å². The summed E-state index contributed by atoms with van der Waals surface area (Å²) in [5, 5.41) is 4.30. The van der Waals surface area contributed by atoms with E-state index >= 15 is 0 Å². The normalized spacial score (nSPS) is 17.9. The highest BCUT2D eigenvalue weighted by molar-refractivity contribution is 7.10. The third-order valence-electron chi connectivity index (χ3n) is 5.16. The molecule has 148 valence electrons. The van der Waals surface area contributed by atoms with Crippen molar-refractivity contribution in [1.82, 2.24) is 14.9 Å². The molecule has 1 aromatic carbocycles. The summed E-state index contributed by atoms with van der Waals surface area (Å²) in [6.07, 6.45) is 2.80. The molecule has 0 spiro atoms. The van der Waals surface area contributed by atoms with Crippen LogP contribution in [0.1, 0.15) is 56.6 Å². The van der Waals surface area contributed by atoms with Crippen molar-refractivity contribution < 1.29 is 9.53 Å². The van der Waals surface area contributed by atoms with Crippen LogP contribution in [0.25, 0.3) is 22.3 Å². The number of H-pyrrole nitrogens is 1. The molecule has 0 saturated carbocycles. The van der Waals surface area contributed by atoms with Gasteiger partial charge in [0.2, 0.25) is 0 Å². The second kappa shape index (κ2) is 7.24. The van der Waals surface area contributed by atoms with Crippen LogP contribution in [0.5, 0.6) is 0 Å². The van der Waals surface area contributed by atoms with Crippen molar-refractivity contribution in [1.29, 1.82) is 0 Å². The molecule has 1 aliphatic heterocycles. The molecular formula is C22H27N3O2S. The van der Waals surface area contributed by atoms with Crippen LogP contribution < -0.4 is 0 Å². The number of amides is 1. The lowest BCUT2D eigenvalue weighted by molar-refractivity contribution is 0.00949. The molecule has 1 fully saturated rings. The molecule has 0 bridgehead atoms. The number of para-hydroxylation sites is 1. The highest BCUT2D eigenvalue weighted by Crippen LogP contribution is 2.37. The Morgan fingerprint density at radius 1 is 1.29 bits per heavy atom. The van der Waals surface area contributed by atoms with Gasteiger partial charge in [-0.25, -0.2) is 9.78 Å². The topological polar surface area (TPSA) is 58.2 Å². The Hall–Kier alpha value is -2.34. The van der Waals surface area contributed by atoms with E-state index in [4.69, 9.17) is 9.72 Å². The van der Waals surface area contributed by atoms with E-state index < -0.39 is 5.60 Å². The minimum atomic E-state index is -0.491. The summed E-state index contributed by atoms with van der Waals surface area (Å²) < 4.78 is 5.64. The monoisotopic (exact) mass is 397 g/mol. The smallest absolute Gasteiger partial charge is 0.410 e. The number of nitrogens with zero attached hydrogens (tertiary/aromatic N) is 2. The molecule has 3 aromatic rings. The van der Waals surface area contributed by atoms with Crippen LogP contribution in [0.15, 0.2) is 29.6 Å². The lowest BCUT2D eigenvalue weighted by Crippen LogP contribution is -2.41. The van der Waals surface area contributed by atoms with Gasteiger partial charge in [-0.05, 0) is 58.6 Å². The van der Waals surface area contributed by atoms with Gasteiger partial charge in [0.05, 0.1) is 17.4 Å². The standard InChI is InChI=1S/C22H27N3O2S/c1-14-15-9-5-6-10-16(15)23-19(14)17-13-28-20(24-17)18-11-7-8-12-25(18)21(26)27-22(2,3)4/h5-6,9-10,13,18,23H,7-8,11-12H2,1-4H3. The Balaban J connectivity index is 1.63. The SMILES string of the molecule is Cc1c(-c2csc(C3CCCCN3C(=O)OC(C)(C)C)n2)[nH]c2ccccc12. The van der Waals surface area contributed by atoms with Crippen LogP contribution in [-0.4, -0.2) is 33.1 Å². The first-order valence-electron chi connectivity index (χ1n) is 9.86. The number of likely N-dealkylation sites (tertiary alicyclic amines) is 1. The molecule has 1 unspecified atom stereocenters. The molecule has 28 heavy (non-hydrogen) atoms. The van der Waals surface area contributed by atoms with Gasteiger partial charge < -0.3 is 9.72 Å². The quantitative estimate of drug-likeness (QED) is 0.571. The zero-order valence-electron chi connectivity index (χ0n) is 16.9. The fraction of sp³-hybridized carbons (Fsp3) is 0.455. The van der Waals surface area contributed by atoms with Gasteiger partial charge in [0.1, 0.15) is 10.6 Å². The first-order chi connectivity index (χ1) is 13.3. The molecule has 1 N–H and O–H groups in total. The Kier molecular flexibility index (Phi) is 4.91. The number of carbonyl (C=O) groups excluding carboxylic acids is 1. The number of aryl methyl sites for hydroxylation is 1. The second-order valence-electron chi connectivity index (χ2n) is 8.43. The van der Waals surface area contributed by atoms with Crippen molar-refractivity contribution in [3.8, 4) is 11.4 Å². The molecule has 0 aliphatic carbocycles. The van der Waals surface area contributed by atoms with E-state index in [-0.39, 0.29) is 12.1 Å². The van der Waals surface area contributed by atoms with E-state index in [1.165, 1.54) is 10.9 Å². The van der Waals surface area contributed by atoms with E-state index in [0.29, 0.717) is 0 Å². The molecule has 1 atom stereocenters. The van der Waals surface area contributed by atoms with Gasteiger partial charge in [-0.15, -0.1) is 11.3 Å². The summed E-state index contributed by atoms with van der Waals surface area (Å²) in [6.45, 7) is 8.57. The van der Waals surface area contributed by atoms with Crippen molar-refractivity contribution >= 4 is 28.3 Å². The van der Waals surface area contributed by atoms with Crippen molar-refractivity contribution in [2.45, 2.75) is 58.6 Å². The van der Waals surface area contributed by atoms with E-state index in [1.54, 1.807) is 11.3 Å². The highest BCUT2D eigenvalue weighted by Gasteiger charge is 2.33. The maximum absolute atomic E-state index is 12.7. The highest BCUT2D eigenvalue weighted by atomic mass is 32.1. The molecule has 5 nitrogen and oxygen atoms in total. The lowest BCUT2D eigenvalue weighted by atomic mass is 10.0. The Labute approximate surface area is 169 Å². The molecule has 1 amide bonds. The number of nitrogens with one attached hydrogen (secondary N) is 1. The van der Waals surface area contributed by atoms with Crippen molar-refractivity contribution in [3.63, 3.8) is 0 Å². The van der Waals surface area contributed by atoms with Crippen molar-refractivity contribution in [2.75, 3.05) is 6.54 Å². The Morgan fingerprint density at radius 2 is 2.07 bits per heavy atom. The average molecular weight is 398 g/mol. The molecule has 0 radical (unpaired) electrons. The maximum atomic E-state index is 12.7. The summed E-state index contributed by atoms with van der Waals surface area (Å²) in [7, 11) is 0. The lowest BCUT2D eigenvalue weighted by Gasteiger charge is -2.35. The number of aromatic nitrogens is 2. The number of piperidine rings is 1. The Morgan fingerprint density at radius 3 is 2.82 bits per heavy atom. The molecular weight excluding hydrogens is 370 g/mol. The van der Waals surface area contributed by atoms with Gasteiger partial charge >= 0.3 is 6.09 Å². The first kappa shape index (κ1) is 19.0. The summed E-state index contributed by atoms with van der Waals surface area (Å²) in [5.41, 5.74) is 3.85. The minimum absolute atomic E-state index is 0.00738. The third kappa shape index (κ3) is 3.65. The predicted octanol–water partition coefficient (Wildman–Crippen LogP) is 6.06. The summed E-state index contributed by atoms with van der Waals surface area (Å²) >= 11 is 1.63. The number of rotatable bonds is 2. The van der Waals surface area contributed by atoms with Crippen LogP contribution >= 0.6 is 11.3 Å². The summed E-state index contributed by atoms with van der Waals surface area (Å²) in [4.78, 5) is 23.0. The summed E-state index contributed by atoms with van der Waals surface area (Å²) in [6, 6.07) is 8.30. The van der Waals surface area contributed by atoms with Gasteiger partial charge in [0.15, 0.2) is 0 Å². The van der Waals surface area contributed by atoms with E-state index in [0.717, 1.165) is 47.7 Å². The molecule has 4 rings (SSSR count). The van der Waals surface area contributed by atoms with E-state index in [2.05, 4.69) is 35.5 Å². The van der Waals surface area contributed by atoms with Crippen LogP contribution in [0, 0.1) is 6.92 Å². The zero-order chi connectivity index (χ0) is 19.9. The van der Waals surface area contributed by atoms with E-state index in [1.807, 2.05) is 31.7 Å². The Bertz CT molecular complexity index is 999. The first-order valence-corrected chi connectivity index (χ1v) is 10.7. The zero-order valence-corrected chi connectivity index (χ0v) is 17.7. The van der Waals surface area contributed by atoms with Gasteiger partial charge in [-0.1, -0.05) is 18.2 Å². The van der Waals surface area contributed by atoms with Gasteiger partial charge in [-0.3, -0.25) is 4.90 Å². The van der Waals surface area contributed by atoms with Crippen LogP contribution in [0.2, 0.25) is 0 Å². The number of benzene rings is 1. The number of fused-ring (bicyclic) bond motifs is 1. The number of hydrogen-bond donors (Lipinski definition) is 1. The third-order valence-corrected chi connectivity index (χ3v) is 6.11. The molecule has 3 heterocycles. The average Bonchev–Trinajstić information content (AvgIpc) is 3.26. The molecule has 6 heteroatoms. The number of thiazole rings is 1. The number of carbonyl (C=O) groups is 1. The van der Waals surface area contributed by atoms with Gasteiger partial charge in [-0.2, -0.15) is 0 Å². The van der Waals surface area contributed by atoms with Crippen LogP contribution in [0.3, 0.4) is 0 Å². The number of aromatic amines is 1. The second-order valence-corrected chi connectivity index (χ2v) is 9.32. The van der Waals surface area contributed by atoms with E-state index in [9.17, 15) is 4.79 Å². The maximum Gasteiger partial charge on any atom is 0.410 e. The predicted molar refractivity (Wildman–Crippen MR) is 114 cm³/mol. The fourth-order valence-electron chi connectivity index (χ4n) is 3.82. The van der Waals surface area contributed by atoms with Crippen molar-refractivity contribution in [3.05, 3.63) is 40.2 Å².